The van der Waals surface area contributed by atoms with Gasteiger partial charge in [-0.15, -0.1) is 10.2 Å². The molecule has 3 N–H and O–H groups in total. The highest BCUT2D eigenvalue weighted by molar-refractivity contribution is 5.77. The summed E-state index contributed by atoms with van der Waals surface area (Å²) in [6.07, 6.45) is 6.47. The number of pyridine rings is 1. The third-order valence-electron chi connectivity index (χ3n) is 3.25. The fourth-order valence-electron chi connectivity index (χ4n) is 2.01. The first-order chi connectivity index (χ1) is 13.3. The lowest BCUT2D eigenvalue weighted by molar-refractivity contribution is -0.123. The maximum atomic E-state index is 11.7. The minimum absolute atomic E-state index is 0.140. The predicted molar refractivity (Wildman–Crippen MR) is 98.6 cm³/mol. The van der Waals surface area contributed by atoms with Crippen LogP contribution in [0, 0.1) is 0 Å². The van der Waals surface area contributed by atoms with Crippen molar-refractivity contribution in [2.24, 2.45) is 0 Å². The van der Waals surface area contributed by atoms with Crippen LogP contribution in [0.5, 0.6) is 6.01 Å². The lowest BCUT2D eigenvalue weighted by atomic mass is 10.4. The van der Waals surface area contributed by atoms with Crippen molar-refractivity contribution in [1.29, 1.82) is 0 Å². The number of anilines is 3. The molecular weight excluding hydrogens is 348 g/mol. The first-order valence-corrected chi connectivity index (χ1v) is 8.21. The van der Waals surface area contributed by atoms with E-state index in [-0.39, 0.29) is 18.5 Å². The Hall–Kier alpha value is -3.82. The summed E-state index contributed by atoms with van der Waals surface area (Å²) in [5.74, 6) is 0.978. The number of nitrogens with zero attached hydrogens (tertiary/aromatic N) is 5. The molecule has 0 fully saturated rings. The van der Waals surface area contributed by atoms with Gasteiger partial charge in [-0.05, 0) is 30.3 Å². The van der Waals surface area contributed by atoms with Gasteiger partial charge in [-0.1, -0.05) is 0 Å². The molecule has 10 heteroatoms. The van der Waals surface area contributed by atoms with Gasteiger partial charge < -0.3 is 20.7 Å². The fraction of sp³-hybridized carbons (Fsp3) is 0.176. The number of amides is 1. The Balaban J connectivity index is 1.33. The molecule has 0 aliphatic rings. The molecule has 0 radical (unpaired) electrons. The van der Waals surface area contributed by atoms with Crippen molar-refractivity contribution in [3.05, 3.63) is 55.1 Å². The molecule has 1 amide bonds. The Morgan fingerprint density at radius 3 is 2.41 bits per heavy atom. The van der Waals surface area contributed by atoms with Crippen LogP contribution in [0.15, 0.2) is 55.1 Å². The average molecular weight is 366 g/mol. The van der Waals surface area contributed by atoms with Crippen LogP contribution in [-0.2, 0) is 4.79 Å². The van der Waals surface area contributed by atoms with E-state index in [1.165, 1.54) is 0 Å². The van der Waals surface area contributed by atoms with E-state index >= 15 is 0 Å². The molecule has 3 heterocycles. The smallest absolute Gasteiger partial charge is 0.316 e. The quantitative estimate of drug-likeness (QED) is 0.475. The number of carbonyl (C=O) groups excluding carboxylic acids is 1. The predicted octanol–water partition coefficient (Wildman–Crippen LogP) is 1.01. The topological polar surface area (TPSA) is 127 Å². The molecule has 0 aliphatic heterocycles. The molecule has 0 bridgehead atoms. The van der Waals surface area contributed by atoms with Gasteiger partial charge in [0, 0.05) is 43.6 Å². The summed E-state index contributed by atoms with van der Waals surface area (Å²) in [6, 6.07) is 9.12. The van der Waals surface area contributed by atoms with Gasteiger partial charge in [0.2, 0.25) is 0 Å². The van der Waals surface area contributed by atoms with Crippen LogP contribution >= 0.6 is 0 Å². The molecule has 3 aromatic rings. The van der Waals surface area contributed by atoms with Crippen LogP contribution in [0.3, 0.4) is 0 Å². The van der Waals surface area contributed by atoms with E-state index in [0.29, 0.717) is 24.7 Å². The summed E-state index contributed by atoms with van der Waals surface area (Å²) < 4.78 is 5.16. The second-order valence-corrected chi connectivity index (χ2v) is 5.26. The molecule has 0 aromatic carbocycles. The average Bonchev–Trinajstić information content (AvgIpc) is 2.72. The van der Waals surface area contributed by atoms with Gasteiger partial charge in [-0.25, -0.2) is 9.97 Å². The number of ether oxygens (including phenoxy) is 1. The summed E-state index contributed by atoms with van der Waals surface area (Å²) in [4.78, 5) is 23.4. The Morgan fingerprint density at radius 2 is 1.67 bits per heavy atom. The molecule has 0 unspecified atom stereocenters. The van der Waals surface area contributed by atoms with E-state index in [4.69, 9.17) is 4.74 Å². The molecule has 0 saturated heterocycles. The van der Waals surface area contributed by atoms with Crippen molar-refractivity contribution in [2.75, 3.05) is 30.3 Å². The number of hydrogen-bond donors (Lipinski definition) is 3. The van der Waals surface area contributed by atoms with Crippen molar-refractivity contribution in [1.82, 2.24) is 30.5 Å². The molecule has 27 heavy (non-hydrogen) atoms. The number of carbonyl (C=O) groups is 1. The molecule has 138 valence electrons. The summed E-state index contributed by atoms with van der Waals surface area (Å²) in [5, 5.41) is 17.1. The van der Waals surface area contributed by atoms with E-state index < -0.39 is 0 Å². The fourth-order valence-corrected chi connectivity index (χ4v) is 2.01. The van der Waals surface area contributed by atoms with Gasteiger partial charge in [-0.3, -0.25) is 9.78 Å². The second kappa shape index (κ2) is 9.61. The maximum Gasteiger partial charge on any atom is 0.316 e. The molecule has 0 atom stereocenters. The number of nitrogens with one attached hydrogen (secondary N) is 3. The van der Waals surface area contributed by atoms with E-state index in [1.807, 2.05) is 18.2 Å². The van der Waals surface area contributed by atoms with Crippen molar-refractivity contribution >= 4 is 23.2 Å². The standard InChI is InChI=1S/C17H18N8O2/c26-16(12-27-17-21-6-1-7-22-17)20-11-10-19-14-2-3-15(25-24-14)23-13-4-8-18-9-5-13/h1-9H,10-12H2,(H,19,24)(H,20,26)(H,18,23,25). The zero-order valence-electron chi connectivity index (χ0n) is 14.4. The summed E-state index contributed by atoms with van der Waals surface area (Å²) in [5.41, 5.74) is 0.880. The van der Waals surface area contributed by atoms with Crippen LogP contribution in [0.2, 0.25) is 0 Å². The van der Waals surface area contributed by atoms with Gasteiger partial charge in [0.05, 0.1) is 0 Å². The minimum atomic E-state index is -0.257. The monoisotopic (exact) mass is 366 g/mol. The maximum absolute atomic E-state index is 11.7. The highest BCUT2D eigenvalue weighted by atomic mass is 16.5. The molecule has 10 nitrogen and oxygen atoms in total. The van der Waals surface area contributed by atoms with Crippen molar-refractivity contribution in [3.8, 4) is 6.01 Å². The molecule has 0 spiro atoms. The van der Waals surface area contributed by atoms with Gasteiger partial charge in [0.15, 0.2) is 12.4 Å². The van der Waals surface area contributed by atoms with E-state index in [0.717, 1.165) is 5.69 Å². The molecule has 3 aromatic heterocycles. The molecule has 0 aliphatic carbocycles. The van der Waals surface area contributed by atoms with Gasteiger partial charge >= 0.3 is 6.01 Å². The van der Waals surface area contributed by atoms with Crippen molar-refractivity contribution < 1.29 is 9.53 Å². The van der Waals surface area contributed by atoms with Crippen LogP contribution in [0.4, 0.5) is 17.3 Å². The van der Waals surface area contributed by atoms with Crippen LogP contribution in [-0.4, -0.2) is 50.8 Å². The third-order valence-corrected chi connectivity index (χ3v) is 3.25. The third kappa shape index (κ3) is 6.20. The van der Waals surface area contributed by atoms with Crippen molar-refractivity contribution in [2.45, 2.75) is 0 Å². The zero-order chi connectivity index (χ0) is 18.7. The highest BCUT2D eigenvalue weighted by Gasteiger charge is 2.03. The number of hydrogen-bond acceptors (Lipinski definition) is 9. The normalized spacial score (nSPS) is 10.1. The Bertz CT molecular complexity index is 831. The molecular formula is C17H18N8O2. The summed E-state index contributed by atoms with van der Waals surface area (Å²) in [6.45, 7) is 0.773. The van der Waals surface area contributed by atoms with E-state index in [9.17, 15) is 4.79 Å². The van der Waals surface area contributed by atoms with E-state index in [1.54, 1.807) is 36.9 Å². The van der Waals surface area contributed by atoms with Gasteiger partial charge in [0.25, 0.3) is 5.91 Å². The number of aromatic nitrogens is 5. The van der Waals surface area contributed by atoms with Crippen LogP contribution < -0.4 is 20.7 Å². The Kier molecular flexibility index (Phi) is 6.40. The number of rotatable bonds is 9. The molecule has 0 saturated carbocycles. The largest absolute Gasteiger partial charge is 0.453 e. The van der Waals surface area contributed by atoms with E-state index in [2.05, 4.69) is 41.1 Å². The first kappa shape index (κ1) is 18.0. The minimum Gasteiger partial charge on any atom is -0.453 e. The van der Waals surface area contributed by atoms with Crippen LogP contribution in [0.1, 0.15) is 0 Å². The van der Waals surface area contributed by atoms with Gasteiger partial charge in [-0.2, -0.15) is 0 Å². The summed E-state index contributed by atoms with van der Waals surface area (Å²) in [7, 11) is 0. The first-order valence-electron chi connectivity index (χ1n) is 8.21. The lowest BCUT2D eigenvalue weighted by Crippen LogP contribution is -2.33. The Labute approximate surface area is 155 Å². The summed E-state index contributed by atoms with van der Waals surface area (Å²) >= 11 is 0. The van der Waals surface area contributed by atoms with Crippen LogP contribution in [0.25, 0.3) is 0 Å². The zero-order valence-corrected chi connectivity index (χ0v) is 14.4. The Morgan fingerprint density at radius 1 is 0.926 bits per heavy atom. The molecule has 3 rings (SSSR count). The highest BCUT2D eigenvalue weighted by Crippen LogP contribution is 2.13. The lowest BCUT2D eigenvalue weighted by Gasteiger charge is -2.08. The van der Waals surface area contributed by atoms with Gasteiger partial charge in [0.1, 0.15) is 5.82 Å². The van der Waals surface area contributed by atoms with Crippen molar-refractivity contribution in [3.63, 3.8) is 0 Å². The SMILES string of the molecule is O=C(COc1ncccn1)NCCNc1ccc(Nc2ccncc2)nn1. The second-order valence-electron chi connectivity index (χ2n) is 5.26.